The van der Waals surface area contributed by atoms with Crippen molar-refractivity contribution in [3.8, 4) is 10.4 Å². The van der Waals surface area contributed by atoms with E-state index in [1.165, 1.54) is 21.7 Å². The van der Waals surface area contributed by atoms with Gasteiger partial charge in [0.1, 0.15) is 0 Å². The van der Waals surface area contributed by atoms with Gasteiger partial charge in [0.05, 0.1) is 6.61 Å². The van der Waals surface area contributed by atoms with Crippen LogP contribution in [0.2, 0.25) is 0 Å². The predicted octanol–water partition coefficient (Wildman–Crippen LogP) is 4.14. The standard InChI is InChI=1S/C15H19NOS2/c1-15(5-3-6-17-11-15)16-9-13-8-12(10-19-13)14-4-2-7-18-14/h2,4,7-8,10,16H,3,5-6,9,11H2,1H3. The lowest BCUT2D eigenvalue weighted by Crippen LogP contribution is -2.48. The molecule has 1 unspecified atom stereocenters. The van der Waals surface area contributed by atoms with E-state index in [-0.39, 0.29) is 5.54 Å². The zero-order chi connectivity index (χ0) is 13.1. The Balaban J connectivity index is 1.61. The van der Waals surface area contributed by atoms with Crippen LogP contribution < -0.4 is 5.32 Å². The quantitative estimate of drug-likeness (QED) is 0.915. The highest BCUT2D eigenvalue weighted by molar-refractivity contribution is 7.14. The Bertz CT molecular complexity index is 512. The Kier molecular flexibility index (Phi) is 4.03. The summed E-state index contributed by atoms with van der Waals surface area (Å²) in [7, 11) is 0. The van der Waals surface area contributed by atoms with Gasteiger partial charge in [-0.3, -0.25) is 0 Å². The van der Waals surface area contributed by atoms with Crippen LogP contribution in [0.4, 0.5) is 0 Å². The van der Waals surface area contributed by atoms with Gasteiger partial charge in [-0.25, -0.2) is 0 Å². The molecule has 0 spiro atoms. The minimum Gasteiger partial charge on any atom is -0.380 e. The summed E-state index contributed by atoms with van der Waals surface area (Å²) in [5, 5.41) is 8.04. The van der Waals surface area contributed by atoms with Crippen LogP contribution in [-0.4, -0.2) is 18.8 Å². The van der Waals surface area contributed by atoms with Crippen molar-refractivity contribution in [1.82, 2.24) is 5.32 Å². The summed E-state index contributed by atoms with van der Waals surface area (Å²) in [4.78, 5) is 2.75. The van der Waals surface area contributed by atoms with E-state index >= 15 is 0 Å². The van der Waals surface area contributed by atoms with Crippen molar-refractivity contribution in [2.24, 2.45) is 0 Å². The van der Waals surface area contributed by atoms with Crippen LogP contribution >= 0.6 is 22.7 Å². The molecular weight excluding hydrogens is 274 g/mol. The van der Waals surface area contributed by atoms with Crippen LogP contribution in [0.25, 0.3) is 10.4 Å². The van der Waals surface area contributed by atoms with E-state index in [4.69, 9.17) is 4.74 Å². The van der Waals surface area contributed by atoms with E-state index in [0.717, 1.165) is 26.2 Å². The topological polar surface area (TPSA) is 21.3 Å². The van der Waals surface area contributed by atoms with Crippen molar-refractivity contribution in [2.45, 2.75) is 31.8 Å². The van der Waals surface area contributed by atoms with Crippen LogP contribution in [-0.2, 0) is 11.3 Å². The first-order valence-corrected chi connectivity index (χ1v) is 8.45. The monoisotopic (exact) mass is 293 g/mol. The number of rotatable bonds is 4. The van der Waals surface area contributed by atoms with E-state index in [1.807, 2.05) is 11.3 Å². The molecule has 3 heterocycles. The van der Waals surface area contributed by atoms with E-state index in [1.54, 1.807) is 11.3 Å². The number of nitrogens with one attached hydrogen (secondary N) is 1. The molecule has 1 N–H and O–H groups in total. The summed E-state index contributed by atoms with van der Waals surface area (Å²) < 4.78 is 5.58. The summed E-state index contributed by atoms with van der Waals surface area (Å²) >= 11 is 3.64. The molecule has 0 amide bonds. The highest BCUT2D eigenvalue weighted by Gasteiger charge is 2.26. The lowest BCUT2D eigenvalue weighted by atomic mass is 9.95. The molecule has 0 radical (unpaired) electrons. The molecule has 19 heavy (non-hydrogen) atoms. The summed E-state index contributed by atoms with van der Waals surface area (Å²) in [5.41, 5.74) is 1.49. The molecule has 1 fully saturated rings. The second-order valence-electron chi connectivity index (χ2n) is 5.35. The van der Waals surface area contributed by atoms with Crippen LogP contribution in [0.1, 0.15) is 24.6 Å². The molecule has 3 rings (SSSR count). The first-order chi connectivity index (χ1) is 9.25. The van der Waals surface area contributed by atoms with Gasteiger partial charge in [-0.1, -0.05) is 6.07 Å². The lowest BCUT2D eigenvalue weighted by molar-refractivity contribution is 0.0279. The number of ether oxygens (including phenoxy) is 1. The molecule has 1 aliphatic heterocycles. The van der Waals surface area contributed by atoms with Gasteiger partial charge in [0.25, 0.3) is 0 Å². The Morgan fingerprint density at radius 3 is 3.11 bits per heavy atom. The fraction of sp³-hybridized carbons (Fsp3) is 0.467. The van der Waals surface area contributed by atoms with Gasteiger partial charge >= 0.3 is 0 Å². The second-order valence-corrected chi connectivity index (χ2v) is 7.29. The average Bonchev–Trinajstić information content (AvgIpc) is 3.08. The minimum absolute atomic E-state index is 0.144. The van der Waals surface area contributed by atoms with Crippen LogP contribution in [0.15, 0.2) is 29.0 Å². The van der Waals surface area contributed by atoms with E-state index in [2.05, 4.69) is 41.2 Å². The molecule has 1 atom stereocenters. The van der Waals surface area contributed by atoms with Crippen LogP contribution in [0.3, 0.4) is 0 Å². The van der Waals surface area contributed by atoms with Crippen LogP contribution in [0, 0.1) is 0 Å². The van der Waals surface area contributed by atoms with E-state index in [0.29, 0.717) is 0 Å². The van der Waals surface area contributed by atoms with Crippen molar-refractivity contribution >= 4 is 22.7 Å². The molecule has 1 aliphatic rings. The summed E-state index contributed by atoms with van der Waals surface area (Å²) in [6.45, 7) is 4.95. The zero-order valence-corrected chi connectivity index (χ0v) is 12.8. The van der Waals surface area contributed by atoms with Gasteiger partial charge in [-0.2, -0.15) is 0 Å². The highest BCUT2D eigenvalue weighted by Crippen LogP contribution is 2.29. The number of hydrogen-bond acceptors (Lipinski definition) is 4. The molecular formula is C15H19NOS2. The van der Waals surface area contributed by atoms with Gasteiger partial charge in [0.2, 0.25) is 0 Å². The van der Waals surface area contributed by atoms with Crippen molar-refractivity contribution in [3.05, 3.63) is 33.8 Å². The van der Waals surface area contributed by atoms with E-state index in [9.17, 15) is 0 Å². The first-order valence-electron chi connectivity index (χ1n) is 6.69. The van der Waals surface area contributed by atoms with Gasteiger partial charge in [-0.15, -0.1) is 22.7 Å². The highest BCUT2D eigenvalue weighted by atomic mass is 32.1. The Hall–Kier alpha value is -0.680. The third-order valence-electron chi connectivity index (χ3n) is 3.59. The predicted molar refractivity (Wildman–Crippen MR) is 82.9 cm³/mol. The molecule has 0 aromatic carbocycles. The molecule has 0 aliphatic carbocycles. The third kappa shape index (κ3) is 3.26. The maximum Gasteiger partial charge on any atom is 0.0645 e. The SMILES string of the molecule is CC1(NCc2cc(-c3cccs3)cs2)CCCOC1. The van der Waals surface area contributed by atoms with E-state index < -0.39 is 0 Å². The molecule has 2 nitrogen and oxygen atoms in total. The molecule has 1 saturated heterocycles. The number of hydrogen-bond donors (Lipinski definition) is 1. The van der Waals surface area contributed by atoms with Crippen molar-refractivity contribution in [3.63, 3.8) is 0 Å². The lowest BCUT2D eigenvalue weighted by Gasteiger charge is -2.34. The summed E-state index contributed by atoms with van der Waals surface area (Å²) in [6.07, 6.45) is 2.37. The number of thiophene rings is 2. The fourth-order valence-electron chi connectivity index (χ4n) is 2.42. The van der Waals surface area contributed by atoms with Gasteiger partial charge in [-0.05, 0) is 42.7 Å². The Labute approximate surface area is 122 Å². The second kappa shape index (κ2) is 5.75. The molecule has 0 saturated carbocycles. The van der Waals surface area contributed by atoms with Crippen molar-refractivity contribution in [1.29, 1.82) is 0 Å². The first kappa shape index (κ1) is 13.3. The smallest absolute Gasteiger partial charge is 0.0645 e. The molecule has 102 valence electrons. The molecule has 4 heteroatoms. The third-order valence-corrected chi connectivity index (χ3v) is 5.44. The van der Waals surface area contributed by atoms with Crippen molar-refractivity contribution < 1.29 is 4.74 Å². The van der Waals surface area contributed by atoms with Gasteiger partial charge < -0.3 is 10.1 Å². The average molecular weight is 293 g/mol. The van der Waals surface area contributed by atoms with Crippen molar-refractivity contribution in [2.75, 3.05) is 13.2 Å². The fourth-order valence-corrected chi connectivity index (χ4v) is 4.03. The van der Waals surface area contributed by atoms with Crippen LogP contribution in [0.5, 0.6) is 0 Å². The van der Waals surface area contributed by atoms with Gasteiger partial charge in [0.15, 0.2) is 0 Å². The zero-order valence-electron chi connectivity index (χ0n) is 11.1. The summed E-state index contributed by atoms with van der Waals surface area (Å²) in [6, 6.07) is 6.59. The van der Waals surface area contributed by atoms with Gasteiger partial charge in [0, 0.05) is 34.0 Å². The normalized spacial score (nSPS) is 23.6. The largest absolute Gasteiger partial charge is 0.380 e. The molecule has 2 aromatic rings. The Morgan fingerprint density at radius 2 is 2.37 bits per heavy atom. The molecule has 0 bridgehead atoms. The maximum atomic E-state index is 5.58. The summed E-state index contributed by atoms with van der Waals surface area (Å²) in [5.74, 6) is 0. The Morgan fingerprint density at radius 1 is 1.42 bits per heavy atom. The maximum absolute atomic E-state index is 5.58. The minimum atomic E-state index is 0.144. The molecule has 2 aromatic heterocycles.